The lowest BCUT2D eigenvalue weighted by Crippen LogP contribution is -2.54. The van der Waals surface area contributed by atoms with Gasteiger partial charge in [-0.25, -0.2) is 0 Å². The molecule has 0 aromatic carbocycles. The second kappa shape index (κ2) is 7.51. The summed E-state index contributed by atoms with van der Waals surface area (Å²) < 4.78 is 0. The van der Waals surface area contributed by atoms with Crippen molar-refractivity contribution in [2.45, 2.75) is 116 Å². The molecule has 0 aromatic rings. The molecule has 0 bridgehead atoms. The van der Waals surface area contributed by atoms with Gasteiger partial charge in [0.2, 0.25) is 0 Å². The van der Waals surface area contributed by atoms with Crippen LogP contribution in [0.3, 0.4) is 0 Å². The van der Waals surface area contributed by atoms with E-state index in [0.717, 1.165) is 54.3 Å². The number of nitrogens with two attached hydrogens (primary N) is 1. The van der Waals surface area contributed by atoms with Gasteiger partial charge in [0.15, 0.2) is 0 Å². The van der Waals surface area contributed by atoms with Crippen LogP contribution in [0.4, 0.5) is 0 Å². The van der Waals surface area contributed by atoms with E-state index in [9.17, 15) is 5.11 Å². The fourth-order valence-corrected chi connectivity index (χ4v) is 9.93. The third-order valence-corrected chi connectivity index (χ3v) is 11.7. The molecule has 166 valence electrons. The summed E-state index contributed by atoms with van der Waals surface area (Å²) in [6.07, 6.45) is 17.7. The van der Waals surface area contributed by atoms with Gasteiger partial charge in [-0.1, -0.05) is 33.6 Å². The van der Waals surface area contributed by atoms with Crippen molar-refractivity contribution >= 4 is 0 Å². The molecule has 5 fully saturated rings. The van der Waals surface area contributed by atoms with Crippen molar-refractivity contribution in [1.82, 2.24) is 0 Å². The third kappa shape index (κ3) is 3.34. The summed E-state index contributed by atoms with van der Waals surface area (Å²) in [6.45, 7) is 7.92. The Morgan fingerprint density at radius 1 is 0.897 bits per heavy atom. The molecule has 2 nitrogen and oxygen atoms in total. The predicted octanol–water partition coefficient (Wildman–Crippen LogP) is 6.16. The number of rotatable bonds is 4. The molecule has 3 N–H and O–H groups in total. The van der Waals surface area contributed by atoms with Gasteiger partial charge in [0.05, 0.1) is 6.10 Å². The summed E-state index contributed by atoms with van der Waals surface area (Å²) in [6, 6.07) is 0.511. The zero-order valence-corrected chi connectivity index (χ0v) is 19.4. The van der Waals surface area contributed by atoms with Gasteiger partial charge in [0.25, 0.3) is 0 Å². The SMILES string of the molecule is C[C@H](CCC1CC(N)C1)[C@H]1CC[C@H]2[C@@H]3CC[C@H]4C[C@@H](O)CC[C@]4(C)[C@H]3CC[C@]12C. The summed E-state index contributed by atoms with van der Waals surface area (Å²) in [4.78, 5) is 0. The molecule has 0 radical (unpaired) electrons. The summed E-state index contributed by atoms with van der Waals surface area (Å²) in [5.74, 6) is 6.49. The average Bonchev–Trinajstić information content (AvgIpc) is 3.02. The zero-order valence-electron chi connectivity index (χ0n) is 19.4. The van der Waals surface area contributed by atoms with Crippen LogP contribution >= 0.6 is 0 Å². The summed E-state index contributed by atoms with van der Waals surface area (Å²) in [5, 5.41) is 10.3. The molecule has 0 spiro atoms. The highest BCUT2D eigenvalue weighted by Crippen LogP contribution is 2.68. The highest BCUT2D eigenvalue weighted by Gasteiger charge is 2.60. The van der Waals surface area contributed by atoms with Crippen molar-refractivity contribution in [2.24, 2.45) is 58.0 Å². The molecular weight excluding hydrogens is 354 g/mol. The van der Waals surface area contributed by atoms with E-state index in [4.69, 9.17) is 5.73 Å². The number of aliphatic hydroxyl groups is 1. The van der Waals surface area contributed by atoms with Crippen LogP contribution in [0, 0.1) is 52.3 Å². The van der Waals surface area contributed by atoms with Gasteiger partial charge in [-0.2, -0.15) is 0 Å². The first-order valence-corrected chi connectivity index (χ1v) is 13.2. The molecule has 29 heavy (non-hydrogen) atoms. The molecule has 0 unspecified atom stereocenters. The van der Waals surface area contributed by atoms with E-state index < -0.39 is 0 Å². The first kappa shape index (κ1) is 20.8. The average molecular weight is 402 g/mol. The smallest absolute Gasteiger partial charge is 0.0543 e. The van der Waals surface area contributed by atoms with Crippen LogP contribution in [0.25, 0.3) is 0 Å². The van der Waals surface area contributed by atoms with Crippen LogP contribution in [-0.4, -0.2) is 17.3 Å². The van der Waals surface area contributed by atoms with Gasteiger partial charge >= 0.3 is 0 Å². The van der Waals surface area contributed by atoms with Gasteiger partial charge in [0, 0.05) is 6.04 Å². The van der Waals surface area contributed by atoms with Crippen LogP contribution in [0.2, 0.25) is 0 Å². The van der Waals surface area contributed by atoms with Crippen LogP contribution in [0.1, 0.15) is 104 Å². The summed E-state index contributed by atoms with van der Waals surface area (Å²) in [7, 11) is 0. The molecule has 0 aromatic heterocycles. The Hall–Kier alpha value is -0.0800. The van der Waals surface area contributed by atoms with E-state index in [-0.39, 0.29) is 6.10 Å². The van der Waals surface area contributed by atoms with Crippen molar-refractivity contribution in [3.8, 4) is 0 Å². The highest BCUT2D eigenvalue weighted by molar-refractivity contribution is 5.09. The minimum absolute atomic E-state index is 0.0135. The normalized spacial score (nSPS) is 55.3. The quantitative estimate of drug-likeness (QED) is 0.592. The zero-order chi connectivity index (χ0) is 20.4. The maximum absolute atomic E-state index is 10.3. The molecule has 0 saturated heterocycles. The lowest BCUT2D eigenvalue weighted by molar-refractivity contribution is -0.129. The third-order valence-electron chi connectivity index (χ3n) is 11.7. The Morgan fingerprint density at radius 3 is 2.38 bits per heavy atom. The summed E-state index contributed by atoms with van der Waals surface area (Å²) in [5.41, 5.74) is 7.15. The molecule has 0 amide bonds. The van der Waals surface area contributed by atoms with E-state index >= 15 is 0 Å². The molecule has 9 atom stereocenters. The number of aliphatic hydroxyl groups excluding tert-OH is 1. The lowest BCUT2D eigenvalue weighted by atomic mass is 9.44. The fraction of sp³-hybridized carbons (Fsp3) is 1.00. The van der Waals surface area contributed by atoms with E-state index in [1.54, 1.807) is 0 Å². The van der Waals surface area contributed by atoms with Crippen molar-refractivity contribution in [3.05, 3.63) is 0 Å². The van der Waals surface area contributed by atoms with E-state index in [0.29, 0.717) is 16.9 Å². The second-order valence-corrected chi connectivity index (χ2v) is 13.0. The maximum atomic E-state index is 10.3. The first-order valence-electron chi connectivity index (χ1n) is 13.2. The van der Waals surface area contributed by atoms with Gasteiger partial charge in [-0.15, -0.1) is 0 Å². The van der Waals surface area contributed by atoms with Gasteiger partial charge < -0.3 is 10.8 Å². The van der Waals surface area contributed by atoms with Crippen molar-refractivity contribution < 1.29 is 5.11 Å². The molecule has 0 aliphatic heterocycles. The molecule has 0 heterocycles. The molecule has 5 aliphatic carbocycles. The van der Waals surface area contributed by atoms with Crippen LogP contribution in [0.15, 0.2) is 0 Å². The Balaban J connectivity index is 1.27. The van der Waals surface area contributed by atoms with Crippen molar-refractivity contribution in [3.63, 3.8) is 0 Å². The molecule has 2 heteroatoms. The largest absolute Gasteiger partial charge is 0.393 e. The molecular formula is C27H47NO. The van der Waals surface area contributed by atoms with E-state index in [1.165, 1.54) is 70.6 Å². The Labute approximate surface area is 179 Å². The minimum atomic E-state index is -0.0135. The van der Waals surface area contributed by atoms with Gasteiger partial charge in [-0.3, -0.25) is 0 Å². The summed E-state index contributed by atoms with van der Waals surface area (Å²) >= 11 is 0. The number of hydrogen-bond donors (Lipinski definition) is 2. The van der Waals surface area contributed by atoms with E-state index in [1.807, 2.05) is 0 Å². The predicted molar refractivity (Wildman–Crippen MR) is 120 cm³/mol. The van der Waals surface area contributed by atoms with Crippen LogP contribution in [0.5, 0.6) is 0 Å². The Kier molecular flexibility index (Phi) is 5.38. The van der Waals surface area contributed by atoms with Gasteiger partial charge in [-0.05, 0) is 123 Å². The maximum Gasteiger partial charge on any atom is 0.0543 e. The minimum Gasteiger partial charge on any atom is -0.393 e. The monoisotopic (exact) mass is 401 g/mol. The lowest BCUT2D eigenvalue weighted by Gasteiger charge is -2.61. The van der Waals surface area contributed by atoms with Crippen LogP contribution in [-0.2, 0) is 0 Å². The Bertz CT molecular complexity index is 599. The molecule has 5 rings (SSSR count). The van der Waals surface area contributed by atoms with E-state index in [2.05, 4.69) is 20.8 Å². The van der Waals surface area contributed by atoms with Crippen molar-refractivity contribution in [1.29, 1.82) is 0 Å². The standard InChI is InChI=1S/C27H47NO/c1-17(4-5-18-14-20(28)15-18)23-8-9-24-22-7-6-19-16-21(29)10-12-26(19,2)25(22)11-13-27(23,24)3/h17-25,29H,4-16,28H2,1-3H3/t17-,18?,19+,20?,21+,22+,23-,24+,25+,26+,27-/m1/s1. The van der Waals surface area contributed by atoms with Crippen LogP contribution < -0.4 is 5.73 Å². The second-order valence-electron chi connectivity index (χ2n) is 13.0. The first-order chi connectivity index (χ1) is 13.8. The fourth-order valence-electron chi connectivity index (χ4n) is 9.93. The number of hydrogen-bond acceptors (Lipinski definition) is 2. The van der Waals surface area contributed by atoms with Gasteiger partial charge in [0.1, 0.15) is 0 Å². The highest BCUT2D eigenvalue weighted by atomic mass is 16.3. The number of fused-ring (bicyclic) bond motifs is 5. The molecule has 5 aliphatic rings. The Morgan fingerprint density at radius 2 is 1.62 bits per heavy atom. The topological polar surface area (TPSA) is 46.2 Å². The van der Waals surface area contributed by atoms with Crippen molar-refractivity contribution in [2.75, 3.05) is 0 Å². The molecule has 5 saturated carbocycles.